The van der Waals surface area contributed by atoms with Crippen LogP contribution < -0.4 is 9.47 Å². The Balaban J connectivity index is 1.96. The van der Waals surface area contributed by atoms with Gasteiger partial charge in [0.25, 0.3) is 5.88 Å². The fourth-order valence-electron chi connectivity index (χ4n) is 1.49. The molecule has 0 aliphatic heterocycles. The molecule has 0 atom stereocenters. The van der Waals surface area contributed by atoms with Crippen LogP contribution in [-0.2, 0) is 0 Å². The first-order valence-electron chi connectivity index (χ1n) is 5.70. The van der Waals surface area contributed by atoms with Crippen LogP contribution in [0.5, 0.6) is 11.6 Å². The molecule has 0 unspecified atom stereocenters. The summed E-state index contributed by atoms with van der Waals surface area (Å²) in [5, 5.41) is 0.236. The van der Waals surface area contributed by atoms with Crippen molar-refractivity contribution in [2.24, 2.45) is 0 Å². The van der Waals surface area contributed by atoms with Crippen molar-refractivity contribution in [3.63, 3.8) is 0 Å². The van der Waals surface area contributed by atoms with E-state index in [0.29, 0.717) is 18.2 Å². The fraction of sp³-hybridized carbons (Fsp3) is 0.143. The Morgan fingerprint density at radius 1 is 1.21 bits per heavy atom. The summed E-state index contributed by atoms with van der Waals surface area (Å²) in [6, 6.07) is 9.96. The molecule has 4 nitrogen and oxygen atoms in total. The Bertz CT molecular complexity index is 559. The Labute approximate surface area is 116 Å². The summed E-state index contributed by atoms with van der Waals surface area (Å²) in [4.78, 5) is 7.80. The van der Waals surface area contributed by atoms with Gasteiger partial charge >= 0.3 is 0 Å². The highest BCUT2D eigenvalue weighted by Crippen LogP contribution is 2.30. The molecule has 0 bridgehead atoms. The average Bonchev–Trinajstić information content (AvgIpc) is 2.45. The van der Waals surface area contributed by atoms with E-state index in [0.717, 1.165) is 5.56 Å². The molecule has 0 radical (unpaired) electrons. The number of rotatable bonds is 5. The van der Waals surface area contributed by atoms with Gasteiger partial charge in [-0.1, -0.05) is 48.0 Å². The number of hydrogen-bond donors (Lipinski definition) is 0. The second-order valence-corrected chi connectivity index (χ2v) is 3.98. The summed E-state index contributed by atoms with van der Waals surface area (Å²) >= 11 is 5.86. The largest absolute Gasteiger partial charge is 0.489 e. The zero-order valence-electron chi connectivity index (χ0n) is 10.4. The number of ether oxygens (including phenoxy) is 2. The number of nitrogens with zero attached hydrogens (tertiary/aromatic N) is 2. The van der Waals surface area contributed by atoms with Gasteiger partial charge in [0.1, 0.15) is 12.9 Å². The minimum absolute atomic E-state index is 0.236. The molecule has 0 amide bonds. The third-order valence-corrected chi connectivity index (χ3v) is 2.63. The molecule has 5 heteroatoms. The smallest absolute Gasteiger partial charge is 0.262 e. The highest BCUT2D eigenvalue weighted by atomic mass is 35.5. The first-order chi connectivity index (χ1) is 9.31. The maximum Gasteiger partial charge on any atom is 0.262 e. The molecule has 2 rings (SSSR count). The zero-order chi connectivity index (χ0) is 13.5. The quantitative estimate of drug-likeness (QED) is 0.787. The molecule has 0 aliphatic rings. The third kappa shape index (κ3) is 3.69. The fourth-order valence-corrected chi connectivity index (χ4v) is 1.69. The van der Waals surface area contributed by atoms with Crippen LogP contribution in [0.15, 0.2) is 42.7 Å². The Kier molecular flexibility index (Phi) is 4.75. The number of methoxy groups -OCH3 is 1. The first-order valence-corrected chi connectivity index (χ1v) is 6.08. The second kappa shape index (κ2) is 6.75. The van der Waals surface area contributed by atoms with Gasteiger partial charge in [-0.3, -0.25) is 0 Å². The van der Waals surface area contributed by atoms with Gasteiger partial charge in [-0.25, -0.2) is 4.98 Å². The number of halogens is 1. The highest BCUT2D eigenvalue weighted by Gasteiger charge is 2.10. The lowest BCUT2D eigenvalue weighted by Crippen LogP contribution is -2.00. The first kappa shape index (κ1) is 13.4. The molecule has 98 valence electrons. The molecule has 2 aromatic rings. The van der Waals surface area contributed by atoms with Gasteiger partial charge in [0.05, 0.1) is 7.11 Å². The van der Waals surface area contributed by atoms with Crippen molar-refractivity contribution in [3.05, 3.63) is 53.5 Å². The molecule has 0 spiro atoms. The molecule has 0 saturated carbocycles. The van der Waals surface area contributed by atoms with Crippen molar-refractivity contribution in [1.29, 1.82) is 0 Å². The highest BCUT2D eigenvalue weighted by molar-refractivity contribution is 6.31. The van der Waals surface area contributed by atoms with Gasteiger partial charge < -0.3 is 9.47 Å². The predicted octanol–water partition coefficient (Wildman–Crippen LogP) is 3.23. The molecule has 1 heterocycles. The van der Waals surface area contributed by atoms with Crippen LogP contribution in [0.3, 0.4) is 0 Å². The molecule has 0 N–H and O–H groups in total. The monoisotopic (exact) mass is 276 g/mol. The normalized spacial score (nSPS) is 10.6. The van der Waals surface area contributed by atoms with E-state index in [4.69, 9.17) is 21.1 Å². The topological polar surface area (TPSA) is 44.2 Å². The van der Waals surface area contributed by atoms with Gasteiger partial charge in [-0.15, -0.1) is 0 Å². The maximum absolute atomic E-state index is 5.86. The molecule has 0 saturated heterocycles. The Morgan fingerprint density at radius 2 is 2.00 bits per heavy atom. The third-order valence-electron chi connectivity index (χ3n) is 2.36. The summed E-state index contributed by atoms with van der Waals surface area (Å²) in [7, 11) is 1.50. The van der Waals surface area contributed by atoms with E-state index in [1.54, 1.807) is 0 Å². The minimum atomic E-state index is 0.236. The number of benzene rings is 1. The summed E-state index contributed by atoms with van der Waals surface area (Å²) in [5.74, 6) is 0.678. The van der Waals surface area contributed by atoms with Crippen molar-refractivity contribution in [2.75, 3.05) is 13.7 Å². The van der Waals surface area contributed by atoms with Gasteiger partial charge in [-0.05, 0) is 11.6 Å². The SMILES string of the molecule is COc1c(Cl)ncnc1OC/C=C/c1ccccc1. The maximum atomic E-state index is 5.86. The lowest BCUT2D eigenvalue weighted by Gasteiger charge is -2.07. The lowest BCUT2D eigenvalue weighted by atomic mass is 10.2. The summed E-state index contributed by atoms with van der Waals surface area (Å²) in [6.07, 6.45) is 5.20. The lowest BCUT2D eigenvalue weighted by molar-refractivity contribution is 0.312. The average molecular weight is 277 g/mol. The van der Waals surface area contributed by atoms with Gasteiger partial charge in [0.15, 0.2) is 5.15 Å². The van der Waals surface area contributed by atoms with E-state index < -0.39 is 0 Å². The van der Waals surface area contributed by atoms with Crippen molar-refractivity contribution >= 4 is 17.7 Å². The summed E-state index contributed by atoms with van der Waals surface area (Å²) in [6.45, 7) is 0.374. The van der Waals surface area contributed by atoms with Gasteiger partial charge in [0, 0.05) is 0 Å². The molecule has 0 fully saturated rings. The predicted molar refractivity (Wildman–Crippen MR) is 74.6 cm³/mol. The van der Waals surface area contributed by atoms with E-state index in [2.05, 4.69) is 9.97 Å². The molecular weight excluding hydrogens is 264 g/mol. The minimum Gasteiger partial charge on any atom is -0.489 e. The Hall–Kier alpha value is -2.07. The zero-order valence-corrected chi connectivity index (χ0v) is 11.2. The van der Waals surface area contributed by atoms with Crippen molar-refractivity contribution in [2.45, 2.75) is 0 Å². The molecule has 19 heavy (non-hydrogen) atoms. The number of aromatic nitrogens is 2. The van der Waals surface area contributed by atoms with Crippen LogP contribution in [0.2, 0.25) is 5.15 Å². The van der Waals surface area contributed by atoms with E-state index >= 15 is 0 Å². The van der Waals surface area contributed by atoms with Crippen LogP contribution in [0.1, 0.15) is 5.56 Å². The van der Waals surface area contributed by atoms with E-state index in [1.165, 1.54) is 13.4 Å². The van der Waals surface area contributed by atoms with E-state index in [-0.39, 0.29) is 5.15 Å². The molecule has 1 aromatic heterocycles. The van der Waals surface area contributed by atoms with Crippen molar-refractivity contribution in [1.82, 2.24) is 9.97 Å². The van der Waals surface area contributed by atoms with E-state index in [9.17, 15) is 0 Å². The van der Waals surface area contributed by atoms with Crippen LogP contribution in [0.25, 0.3) is 6.08 Å². The van der Waals surface area contributed by atoms with E-state index in [1.807, 2.05) is 42.5 Å². The van der Waals surface area contributed by atoms with Crippen LogP contribution >= 0.6 is 11.6 Å². The number of hydrogen-bond acceptors (Lipinski definition) is 4. The molecule has 0 aliphatic carbocycles. The Morgan fingerprint density at radius 3 is 2.74 bits per heavy atom. The van der Waals surface area contributed by atoms with Crippen molar-refractivity contribution in [3.8, 4) is 11.6 Å². The summed E-state index contributed by atoms with van der Waals surface area (Å²) in [5.41, 5.74) is 1.11. The second-order valence-electron chi connectivity index (χ2n) is 3.63. The van der Waals surface area contributed by atoms with Crippen molar-refractivity contribution < 1.29 is 9.47 Å². The summed E-state index contributed by atoms with van der Waals surface area (Å²) < 4.78 is 10.6. The molecule has 1 aromatic carbocycles. The van der Waals surface area contributed by atoms with Crippen LogP contribution in [0, 0.1) is 0 Å². The van der Waals surface area contributed by atoms with Crippen LogP contribution in [-0.4, -0.2) is 23.7 Å². The van der Waals surface area contributed by atoms with Gasteiger partial charge in [-0.2, -0.15) is 4.98 Å². The molecular formula is C14H13ClN2O2. The van der Waals surface area contributed by atoms with Gasteiger partial charge in [0.2, 0.25) is 5.75 Å². The standard InChI is InChI=1S/C14H13ClN2O2/c1-18-12-13(15)16-10-17-14(12)19-9-5-8-11-6-3-2-4-7-11/h2-8,10H,9H2,1H3/b8-5+. The van der Waals surface area contributed by atoms with Crippen LogP contribution in [0.4, 0.5) is 0 Å².